The van der Waals surface area contributed by atoms with Crippen LogP contribution in [0.25, 0.3) is 10.2 Å². The molecule has 4 rings (SSSR count). The first kappa shape index (κ1) is 24.1. The van der Waals surface area contributed by atoms with Crippen molar-refractivity contribution in [3.63, 3.8) is 0 Å². The smallest absolute Gasteiger partial charge is 0.228 e. The lowest BCUT2D eigenvalue weighted by Crippen LogP contribution is -2.37. The number of hydrogen-bond acceptors (Lipinski definition) is 6. The average Bonchev–Trinajstić information content (AvgIpc) is 3.46. The van der Waals surface area contributed by atoms with Crippen molar-refractivity contribution in [3.8, 4) is 0 Å². The normalized spacial score (nSPS) is 16.4. The number of benzene rings is 2. The van der Waals surface area contributed by atoms with Crippen LogP contribution in [0, 0.1) is 0 Å². The summed E-state index contributed by atoms with van der Waals surface area (Å²) in [6.07, 6.45) is 3.15. The van der Waals surface area contributed by atoms with Gasteiger partial charge in [0.2, 0.25) is 5.91 Å². The van der Waals surface area contributed by atoms with Crippen molar-refractivity contribution in [2.75, 3.05) is 23.8 Å². The SMILES string of the molecule is CCc1ccc2nc(N(CC3CCCO3)C(=O)CCCS(=O)(=O)c3ccc(Cl)cc3)sc2c1. The van der Waals surface area contributed by atoms with Crippen molar-refractivity contribution in [3.05, 3.63) is 53.1 Å². The Hall–Kier alpha value is -2.00. The molecule has 6 nitrogen and oxygen atoms in total. The summed E-state index contributed by atoms with van der Waals surface area (Å²) in [7, 11) is -3.48. The number of fused-ring (bicyclic) bond motifs is 1. The van der Waals surface area contributed by atoms with Crippen molar-refractivity contribution in [2.45, 2.75) is 50.0 Å². The maximum atomic E-state index is 13.2. The number of anilines is 1. The lowest BCUT2D eigenvalue weighted by molar-refractivity contribution is -0.119. The molecule has 3 aromatic rings. The Kier molecular flexibility index (Phi) is 7.69. The molecule has 1 saturated heterocycles. The van der Waals surface area contributed by atoms with E-state index in [1.54, 1.807) is 17.0 Å². The maximum absolute atomic E-state index is 13.2. The molecule has 2 aromatic carbocycles. The Morgan fingerprint density at radius 3 is 2.73 bits per heavy atom. The van der Waals surface area contributed by atoms with Crippen LogP contribution < -0.4 is 4.90 Å². The first-order chi connectivity index (χ1) is 15.9. The molecule has 2 heterocycles. The number of aromatic nitrogens is 1. The molecule has 33 heavy (non-hydrogen) atoms. The summed E-state index contributed by atoms with van der Waals surface area (Å²) in [5.74, 6) is -0.236. The van der Waals surface area contributed by atoms with Gasteiger partial charge in [-0.2, -0.15) is 0 Å². The van der Waals surface area contributed by atoms with Gasteiger partial charge in [-0.1, -0.05) is 35.9 Å². The molecular formula is C24H27ClN2O4S2. The van der Waals surface area contributed by atoms with Crippen molar-refractivity contribution in [1.82, 2.24) is 4.98 Å². The summed E-state index contributed by atoms with van der Waals surface area (Å²) >= 11 is 7.35. The minimum absolute atomic E-state index is 0.0232. The minimum atomic E-state index is -3.48. The topological polar surface area (TPSA) is 76.6 Å². The highest BCUT2D eigenvalue weighted by atomic mass is 35.5. The number of amides is 1. The van der Waals surface area contributed by atoms with E-state index >= 15 is 0 Å². The predicted octanol–water partition coefficient (Wildman–Crippen LogP) is 5.28. The van der Waals surface area contributed by atoms with Gasteiger partial charge in [-0.15, -0.1) is 0 Å². The Morgan fingerprint density at radius 1 is 1.24 bits per heavy atom. The lowest BCUT2D eigenvalue weighted by Gasteiger charge is -2.23. The van der Waals surface area contributed by atoms with E-state index in [1.165, 1.54) is 29.0 Å². The molecule has 176 valence electrons. The molecule has 1 aliphatic rings. The molecule has 0 spiro atoms. The third-order valence-electron chi connectivity index (χ3n) is 5.77. The Bertz CT molecular complexity index is 1220. The van der Waals surface area contributed by atoms with Gasteiger partial charge in [-0.25, -0.2) is 13.4 Å². The second-order valence-corrected chi connectivity index (χ2v) is 11.7. The van der Waals surface area contributed by atoms with Crippen LogP contribution in [0.15, 0.2) is 47.4 Å². The summed E-state index contributed by atoms with van der Waals surface area (Å²) < 4.78 is 32.1. The molecule has 9 heteroatoms. The van der Waals surface area contributed by atoms with Gasteiger partial charge in [0.25, 0.3) is 0 Å². The van der Waals surface area contributed by atoms with E-state index in [-0.39, 0.29) is 35.5 Å². The van der Waals surface area contributed by atoms with E-state index in [1.807, 2.05) is 6.07 Å². The van der Waals surface area contributed by atoms with Gasteiger partial charge in [0.05, 0.1) is 33.5 Å². The molecular weight excluding hydrogens is 480 g/mol. The number of sulfone groups is 1. The fourth-order valence-corrected chi connectivity index (χ4v) is 6.37. The Balaban J connectivity index is 1.48. The van der Waals surface area contributed by atoms with Crippen LogP contribution in [-0.2, 0) is 25.8 Å². The molecule has 0 N–H and O–H groups in total. The number of rotatable bonds is 9. The van der Waals surface area contributed by atoms with Gasteiger partial charge in [-0.05, 0) is 67.6 Å². The molecule has 1 fully saturated rings. The van der Waals surface area contributed by atoms with E-state index in [0.717, 1.165) is 29.5 Å². The van der Waals surface area contributed by atoms with E-state index < -0.39 is 9.84 Å². The number of carbonyl (C=O) groups excluding carboxylic acids is 1. The van der Waals surface area contributed by atoms with Crippen LogP contribution in [0.2, 0.25) is 5.02 Å². The van der Waals surface area contributed by atoms with Crippen LogP contribution in [0.3, 0.4) is 0 Å². The van der Waals surface area contributed by atoms with Gasteiger partial charge < -0.3 is 4.74 Å². The highest BCUT2D eigenvalue weighted by Gasteiger charge is 2.26. The van der Waals surface area contributed by atoms with Gasteiger partial charge in [0.1, 0.15) is 0 Å². The minimum Gasteiger partial charge on any atom is -0.376 e. The fraction of sp³-hybridized carbons (Fsp3) is 0.417. The third kappa shape index (κ3) is 5.93. The van der Waals surface area contributed by atoms with Crippen LogP contribution >= 0.6 is 22.9 Å². The van der Waals surface area contributed by atoms with Gasteiger partial charge in [0, 0.05) is 18.1 Å². The maximum Gasteiger partial charge on any atom is 0.228 e. The summed E-state index contributed by atoms with van der Waals surface area (Å²) in [6, 6.07) is 12.3. The van der Waals surface area contributed by atoms with Crippen LogP contribution in [-0.4, -0.2) is 44.3 Å². The molecule has 0 bridgehead atoms. The molecule has 1 amide bonds. The highest BCUT2D eigenvalue weighted by Crippen LogP contribution is 2.31. The molecule has 0 saturated carbocycles. The Labute approximate surface area is 203 Å². The first-order valence-electron chi connectivity index (χ1n) is 11.2. The summed E-state index contributed by atoms with van der Waals surface area (Å²) in [4.78, 5) is 19.8. The zero-order valence-electron chi connectivity index (χ0n) is 18.5. The number of carbonyl (C=O) groups is 1. The highest BCUT2D eigenvalue weighted by molar-refractivity contribution is 7.91. The van der Waals surface area contributed by atoms with Gasteiger partial charge in [-0.3, -0.25) is 9.69 Å². The van der Waals surface area contributed by atoms with Crippen LogP contribution in [0.5, 0.6) is 0 Å². The largest absolute Gasteiger partial charge is 0.376 e. The van der Waals surface area contributed by atoms with E-state index in [2.05, 4.69) is 19.1 Å². The summed E-state index contributed by atoms with van der Waals surface area (Å²) in [6.45, 7) is 3.24. The molecule has 0 radical (unpaired) electrons. The van der Waals surface area contributed by atoms with Crippen LogP contribution in [0.1, 0.15) is 38.2 Å². The quantitative estimate of drug-likeness (QED) is 0.394. The summed E-state index contributed by atoms with van der Waals surface area (Å²) in [5.41, 5.74) is 2.09. The third-order valence-corrected chi connectivity index (χ3v) is 8.88. The van der Waals surface area contributed by atoms with Crippen molar-refractivity contribution in [1.29, 1.82) is 0 Å². The average molecular weight is 507 g/mol. The first-order valence-corrected chi connectivity index (χ1v) is 14.0. The lowest BCUT2D eigenvalue weighted by atomic mass is 10.2. The number of ether oxygens (including phenoxy) is 1. The number of aryl methyl sites for hydroxylation is 1. The predicted molar refractivity (Wildman–Crippen MR) is 133 cm³/mol. The van der Waals surface area contributed by atoms with Crippen molar-refractivity contribution < 1.29 is 17.9 Å². The zero-order chi connectivity index (χ0) is 23.4. The monoisotopic (exact) mass is 506 g/mol. The number of hydrogen-bond donors (Lipinski definition) is 0. The number of halogens is 1. The van der Waals surface area contributed by atoms with Gasteiger partial charge in [0.15, 0.2) is 15.0 Å². The van der Waals surface area contributed by atoms with Crippen LogP contribution in [0.4, 0.5) is 5.13 Å². The summed E-state index contributed by atoms with van der Waals surface area (Å²) in [5, 5.41) is 1.12. The molecule has 1 atom stereocenters. The van der Waals surface area contributed by atoms with Gasteiger partial charge >= 0.3 is 0 Å². The number of thiazole rings is 1. The molecule has 0 aliphatic carbocycles. The van der Waals surface area contributed by atoms with E-state index in [9.17, 15) is 13.2 Å². The van der Waals surface area contributed by atoms with Crippen molar-refractivity contribution >= 4 is 54.0 Å². The molecule has 1 aromatic heterocycles. The number of nitrogens with zero attached hydrogens (tertiary/aromatic N) is 2. The zero-order valence-corrected chi connectivity index (χ0v) is 20.9. The van der Waals surface area contributed by atoms with E-state index in [0.29, 0.717) is 23.3 Å². The second-order valence-electron chi connectivity index (χ2n) is 8.17. The van der Waals surface area contributed by atoms with E-state index in [4.69, 9.17) is 21.3 Å². The molecule has 1 aliphatic heterocycles. The fourth-order valence-electron chi connectivity index (χ4n) is 3.88. The second kappa shape index (κ2) is 10.5. The standard InChI is InChI=1S/C24H27ClN2O4S2/c1-2-17-7-12-21-22(15-17)32-24(26-21)27(16-19-5-3-13-31-19)23(28)6-4-14-33(29,30)20-10-8-18(25)9-11-20/h7-12,15,19H,2-6,13-14,16H2,1H3. The molecule has 1 unspecified atom stereocenters. The Morgan fingerprint density at radius 2 is 2.03 bits per heavy atom. The van der Waals surface area contributed by atoms with Crippen molar-refractivity contribution in [2.24, 2.45) is 0 Å².